The molecule has 8 heteroatoms. The number of nitrogens with zero attached hydrogens (tertiary/aromatic N) is 1. The second-order valence-electron chi connectivity index (χ2n) is 5.00. The van der Waals surface area contributed by atoms with E-state index in [1.165, 1.54) is 6.08 Å². The number of rotatable bonds is 6. The highest BCUT2D eigenvalue weighted by Crippen LogP contribution is 2.21. The van der Waals surface area contributed by atoms with Crippen LogP contribution in [0.3, 0.4) is 0 Å². The van der Waals surface area contributed by atoms with Crippen molar-refractivity contribution in [1.82, 2.24) is 14.9 Å². The summed E-state index contributed by atoms with van der Waals surface area (Å²) in [6.07, 6.45) is 1.40. The van der Waals surface area contributed by atoms with Crippen LogP contribution < -0.4 is 4.72 Å². The molecule has 1 atom stereocenters. The van der Waals surface area contributed by atoms with Crippen LogP contribution in [-0.2, 0) is 14.8 Å². The Labute approximate surface area is 134 Å². The smallest absolute Gasteiger partial charge is 0.326 e. The van der Waals surface area contributed by atoms with Gasteiger partial charge in [0.15, 0.2) is 0 Å². The van der Waals surface area contributed by atoms with Crippen LogP contribution >= 0.6 is 0 Å². The number of sulfonamides is 1. The van der Waals surface area contributed by atoms with Gasteiger partial charge in [0.1, 0.15) is 6.04 Å². The van der Waals surface area contributed by atoms with Crippen LogP contribution in [0, 0.1) is 13.8 Å². The molecule has 0 aliphatic heterocycles. The fourth-order valence-electron chi connectivity index (χ4n) is 2.15. The van der Waals surface area contributed by atoms with Crippen LogP contribution in [0.25, 0.3) is 6.08 Å². The quantitative estimate of drug-likeness (QED) is 0.744. The van der Waals surface area contributed by atoms with Crippen molar-refractivity contribution in [3.05, 3.63) is 58.3 Å². The zero-order valence-corrected chi connectivity index (χ0v) is 13.5. The lowest BCUT2D eigenvalue weighted by Gasteiger charge is -2.13. The average Bonchev–Trinajstić information content (AvgIpc) is 2.83. The molecule has 1 aromatic heterocycles. The van der Waals surface area contributed by atoms with E-state index in [-0.39, 0.29) is 0 Å². The first-order chi connectivity index (χ1) is 10.8. The van der Waals surface area contributed by atoms with E-state index >= 15 is 0 Å². The summed E-state index contributed by atoms with van der Waals surface area (Å²) >= 11 is 0. The Morgan fingerprint density at radius 2 is 1.96 bits per heavy atom. The third-order valence-electron chi connectivity index (χ3n) is 3.24. The van der Waals surface area contributed by atoms with Crippen molar-refractivity contribution in [3.8, 4) is 0 Å². The van der Waals surface area contributed by atoms with Gasteiger partial charge >= 0.3 is 5.97 Å². The molecule has 2 rings (SSSR count). The Hall–Kier alpha value is -2.45. The fraction of sp³-hybridized carbons (Fsp3) is 0.200. The summed E-state index contributed by atoms with van der Waals surface area (Å²) in [5.41, 5.74) is 1.95. The van der Waals surface area contributed by atoms with Crippen molar-refractivity contribution in [2.24, 2.45) is 0 Å². The van der Waals surface area contributed by atoms with E-state index in [1.54, 1.807) is 38.1 Å². The number of carbonyl (C=O) groups is 1. The summed E-state index contributed by atoms with van der Waals surface area (Å²) in [5, 5.41) is 16.8. The van der Waals surface area contributed by atoms with Gasteiger partial charge < -0.3 is 5.11 Å². The van der Waals surface area contributed by atoms with Crippen molar-refractivity contribution < 1.29 is 18.3 Å². The van der Waals surface area contributed by atoms with Crippen LogP contribution in [-0.4, -0.2) is 29.7 Å². The van der Waals surface area contributed by atoms with E-state index in [1.807, 2.05) is 6.07 Å². The summed E-state index contributed by atoms with van der Waals surface area (Å²) in [7, 11) is -3.94. The van der Waals surface area contributed by atoms with Gasteiger partial charge in [-0.25, -0.2) is 8.42 Å². The highest BCUT2D eigenvalue weighted by atomic mass is 32.2. The number of carboxylic acid groups (broad SMARTS) is 1. The Morgan fingerprint density at radius 3 is 2.48 bits per heavy atom. The van der Waals surface area contributed by atoms with Crippen LogP contribution in [0.5, 0.6) is 0 Å². The molecule has 0 aliphatic carbocycles. The van der Waals surface area contributed by atoms with Crippen LogP contribution in [0.4, 0.5) is 0 Å². The zero-order valence-electron chi connectivity index (χ0n) is 12.6. The number of hydrogen-bond acceptors (Lipinski definition) is 4. The third-order valence-corrected chi connectivity index (χ3v) is 4.30. The summed E-state index contributed by atoms with van der Waals surface area (Å²) in [6, 6.07) is 7.44. The molecule has 122 valence electrons. The topological polar surface area (TPSA) is 112 Å². The van der Waals surface area contributed by atoms with E-state index in [2.05, 4.69) is 14.9 Å². The SMILES string of the molecule is Cc1n[nH]c(C)c1[C@H](NS(=O)(=O)/C=C/c1ccccc1)C(=O)O. The maximum absolute atomic E-state index is 12.1. The van der Waals surface area contributed by atoms with Crippen LogP contribution in [0.1, 0.15) is 28.6 Å². The Kier molecular flexibility index (Phi) is 4.97. The van der Waals surface area contributed by atoms with Gasteiger partial charge in [-0.1, -0.05) is 30.3 Å². The number of H-pyrrole nitrogens is 1. The zero-order chi connectivity index (χ0) is 17.0. The molecule has 1 heterocycles. The number of carboxylic acids is 1. The minimum Gasteiger partial charge on any atom is -0.480 e. The van der Waals surface area contributed by atoms with E-state index in [0.29, 0.717) is 22.5 Å². The molecule has 7 nitrogen and oxygen atoms in total. The number of aryl methyl sites for hydroxylation is 2. The Bertz CT molecular complexity index is 806. The molecule has 0 unspecified atom stereocenters. The molecule has 0 saturated carbocycles. The predicted octanol–water partition coefficient (Wildman–Crippen LogP) is 1.74. The van der Waals surface area contributed by atoms with E-state index in [9.17, 15) is 18.3 Å². The molecule has 23 heavy (non-hydrogen) atoms. The molecular weight excluding hydrogens is 318 g/mol. The molecule has 0 saturated heterocycles. The largest absolute Gasteiger partial charge is 0.480 e. The molecule has 0 aliphatic rings. The van der Waals surface area contributed by atoms with Gasteiger partial charge in [-0.3, -0.25) is 9.89 Å². The summed E-state index contributed by atoms with van der Waals surface area (Å²) < 4.78 is 26.5. The van der Waals surface area contributed by atoms with Crippen molar-refractivity contribution in [2.45, 2.75) is 19.9 Å². The maximum atomic E-state index is 12.1. The number of aliphatic carboxylic acids is 1. The summed E-state index contributed by atoms with van der Waals surface area (Å²) in [6.45, 7) is 3.25. The van der Waals surface area contributed by atoms with Crippen LogP contribution in [0.15, 0.2) is 35.7 Å². The minimum atomic E-state index is -3.94. The molecule has 0 fully saturated rings. The van der Waals surface area contributed by atoms with Gasteiger partial charge in [0.2, 0.25) is 10.0 Å². The molecular formula is C15H17N3O4S. The fourth-order valence-corrected chi connectivity index (χ4v) is 3.12. The first kappa shape index (κ1) is 16.9. The van der Waals surface area contributed by atoms with E-state index in [0.717, 1.165) is 5.41 Å². The second kappa shape index (κ2) is 6.76. The standard InChI is InChI=1S/C15H17N3O4S/c1-10-13(11(2)17-16-10)14(15(19)20)18-23(21,22)9-8-12-6-4-3-5-7-12/h3-9,14,18H,1-2H3,(H,16,17)(H,19,20)/b9-8+/t14-/m0/s1. The minimum absolute atomic E-state index is 0.314. The van der Waals surface area contributed by atoms with Crippen molar-refractivity contribution in [2.75, 3.05) is 0 Å². The van der Waals surface area contributed by atoms with E-state index in [4.69, 9.17) is 0 Å². The Morgan fingerprint density at radius 1 is 1.30 bits per heavy atom. The van der Waals surface area contributed by atoms with E-state index < -0.39 is 22.0 Å². The number of aromatic amines is 1. The van der Waals surface area contributed by atoms with Crippen molar-refractivity contribution in [1.29, 1.82) is 0 Å². The highest BCUT2D eigenvalue weighted by molar-refractivity contribution is 7.92. The molecule has 0 amide bonds. The predicted molar refractivity (Wildman–Crippen MR) is 86.0 cm³/mol. The number of nitrogens with one attached hydrogen (secondary N) is 2. The van der Waals surface area contributed by atoms with Gasteiger partial charge in [-0.2, -0.15) is 9.82 Å². The third kappa shape index (κ3) is 4.27. The lowest BCUT2D eigenvalue weighted by atomic mass is 10.1. The van der Waals surface area contributed by atoms with Gasteiger partial charge in [0.25, 0.3) is 0 Å². The lowest BCUT2D eigenvalue weighted by Crippen LogP contribution is -2.33. The van der Waals surface area contributed by atoms with Gasteiger partial charge in [-0.05, 0) is 25.5 Å². The monoisotopic (exact) mass is 335 g/mol. The van der Waals surface area contributed by atoms with Gasteiger partial charge in [0, 0.05) is 16.7 Å². The number of aromatic nitrogens is 2. The molecule has 1 aromatic carbocycles. The number of benzene rings is 1. The summed E-state index contributed by atoms with van der Waals surface area (Å²) in [5.74, 6) is -1.30. The molecule has 2 aromatic rings. The lowest BCUT2D eigenvalue weighted by molar-refractivity contribution is -0.139. The maximum Gasteiger partial charge on any atom is 0.326 e. The van der Waals surface area contributed by atoms with Gasteiger partial charge in [0.05, 0.1) is 5.69 Å². The summed E-state index contributed by atoms with van der Waals surface area (Å²) in [4.78, 5) is 11.5. The second-order valence-corrected chi connectivity index (χ2v) is 6.59. The average molecular weight is 335 g/mol. The van der Waals surface area contributed by atoms with Gasteiger partial charge in [-0.15, -0.1) is 0 Å². The van der Waals surface area contributed by atoms with Crippen molar-refractivity contribution >= 4 is 22.1 Å². The first-order valence-electron chi connectivity index (χ1n) is 6.80. The first-order valence-corrected chi connectivity index (χ1v) is 8.34. The van der Waals surface area contributed by atoms with Crippen molar-refractivity contribution in [3.63, 3.8) is 0 Å². The Balaban J connectivity index is 2.26. The number of hydrogen-bond donors (Lipinski definition) is 3. The molecule has 3 N–H and O–H groups in total. The molecule has 0 spiro atoms. The normalized spacial score (nSPS) is 13.3. The molecule has 0 bridgehead atoms. The van der Waals surface area contributed by atoms with Crippen LogP contribution in [0.2, 0.25) is 0 Å². The highest BCUT2D eigenvalue weighted by Gasteiger charge is 2.28. The molecule has 0 radical (unpaired) electrons.